The van der Waals surface area contributed by atoms with E-state index in [2.05, 4.69) is 26.1 Å². The third kappa shape index (κ3) is 2.68. The highest BCUT2D eigenvalue weighted by molar-refractivity contribution is 9.10. The molecule has 3 aliphatic heterocycles. The molecule has 1 aromatic heterocycles. The zero-order valence-corrected chi connectivity index (χ0v) is 13.9. The molecule has 3 fully saturated rings. The standard InChI is InChI=1S/C17H19BrN2O2/c18-15-10-22-16-2-1-12(8-14(15)16)17(21)19-13-7-11-3-5-20(9-13)6-4-11/h1-2,8,10-11,13H,3-7,9H2,(H,19,21)/t13-/m1/s1. The summed E-state index contributed by atoms with van der Waals surface area (Å²) in [5.74, 6) is 0.789. The van der Waals surface area contributed by atoms with E-state index in [0.29, 0.717) is 5.56 Å². The monoisotopic (exact) mass is 362 g/mol. The number of halogens is 1. The van der Waals surface area contributed by atoms with Crippen LogP contribution >= 0.6 is 15.9 Å². The number of rotatable bonds is 2. The number of carbonyl (C=O) groups is 1. The third-order valence-corrected chi connectivity index (χ3v) is 5.54. The van der Waals surface area contributed by atoms with Crippen molar-refractivity contribution in [3.63, 3.8) is 0 Å². The Morgan fingerprint density at radius 3 is 2.95 bits per heavy atom. The first kappa shape index (κ1) is 14.3. The summed E-state index contributed by atoms with van der Waals surface area (Å²) in [5, 5.41) is 4.17. The van der Waals surface area contributed by atoms with Crippen LogP contribution in [0.2, 0.25) is 0 Å². The predicted molar refractivity (Wildman–Crippen MR) is 88.9 cm³/mol. The Kier molecular flexibility index (Phi) is 3.70. The van der Waals surface area contributed by atoms with Gasteiger partial charge in [0, 0.05) is 23.5 Å². The first-order chi connectivity index (χ1) is 10.7. The molecular weight excluding hydrogens is 344 g/mol. The maximum atomic E-state index is 12.6. The lowest BCUT2D eigenvalue weighted by Crippen LogP contribution is -2.41. The molecule has 2 bridgehead atoms. The minimum absolute atomic E-state index is 0.0162. The number of amides is 1. The van der Waals surface area contributed by atoms with Crippen LogP contribution in [0.4, 0.5) is 0 Å². The summed E-state index contributed by atoms with van der Waals surface area (Å²) in [6, 6.07) is 5.85. The molecule has 4 nitrogen and oxygen atoms in total. The number of piperidine rings is 1. The first-order valence-electron chi connectivity index (χ1n) is 7.89. The van der Waals surface area contributed by atoms with Gasteiger partial charge in [-0.05, 0) is 72.4 Å². The van der Waals surface area contributed by atoms with Crippen LogP contribution in [0.15, 0.2) is 33.4 Å². The molecule has 2 aromatic rings. The Labute approximate surface area is 138 Å². The van der Waals surface area contributed by atoms with Gasteiger partial charge in [0.2, 0.25) is 0 Å². The van der Waals surface area contributed by atoms with Crippen molar-refractivity contribution in [1.82, 2.24) is 10.2 Å². The van der Waals surface area contributed by atoms with Crippen LogP contribution in [0.5, 0.6) is 0 Å². The largest absolute Gasteiger partial charge is 0.463 e. The molecule has 5 heteroatoms. The van der Waals surface area contributed by atoms with Crippen LogP contribution in [0.3, 0.4) is 0 Å². The summed E-state index contributed by atoms with van der Waals surface area (Å²) in [4.78, 5) is 15.0. The van der Waals surface area contributed by atoms with Crippen molar-refractivity contribution >= 4 is 32.8 Å². The fraction of sp³-hybridized carbons (Fsp3) is 0.471. The fourth-order valence-corrected chi connectivity index (χ4v) is 4.11. The maximum Gasteiger partial charge on any atom is 0.251 e. The number of benzene rings is 1. The van der Waals surface area contributed by atoms with E-state index in [0.717, 1.165) is 34.3 Å². The number of fused-ring (bicyclic) bond motifs is 5. The molecule has 1 N–H and O–H groups in total. The smallest absolute Gasteiger partial charge is 0.251 e. The fourth-order valence-electron chi connectivity index (χ4n) is 3.71. The predicted octanol–water partition coefficient (Wildman–Crippen LogP) is 3.41. The van der Waals surface area contributed by atoms with Crippen LogP contribution in [-0.2, 0) is 0 Å². The minimum atomic E-state index is 0.0162. The first-order valence-corrected chi connectivity index (χ1v) is 8.68. The van der Waals surface area contributed by atoms with E-state index in [1.165, 1.54) is 25.9 Å². The molecule has 4 heterocycles. The maximum absolute atomic E-state index is 12.6. The van der Waals surface area contributed by atoms with Gasteiger partial charge in [0.05, 0.1) is 4.47 Å². The van der Waals surface area contributed by atoms with Gasteiger partial charge in [-0.2, -0.15) is 0 Å². The van der Waals surface area contributed by atoms with Gasteiger partial charge >= 0.3 is 0 Å². The van der Waals surface area contributed by atoms with E-state index in [-0.39, 0.29) is 11.9 Å². The Morgan fingerprint density at radius 1 is 1.32 bits per heavy atom. The van der Waals surface area contributed by atoms with Crippen LogP contribution in [0, 0.1) is 5.92 Å². The Bertz CT molecular complexity index is 690. The number of hydrogen-bond acceptors (Lipinski definition) is 3. The van der Waals surface area contributed by atoms with Crippen LogP contribution in [0.1, 0.15) is 29.6 Å². The van der Waals surface area contributed by atoms with E-state index in [1.54, 1.807) is 6.26 Å². The average molecular weight is 363 g/mol. The summed E-state index contributed by atoms with van der Waals surface area (Å²) in [7, 11) is 0. The highest BCUT2D eigenvalue weighted by Gasteiger charge is 2.29. The number of nitrogens with one attached hydrogen (secondary N) is 1. The average Bonchev–Trinajstić information content (AvgIpc) is 2.70. The van der Waals surface area contributed by atoms with Gasteiger partial charge in [-0.15, -0.1) is 0 Å². The quantitative estimate of drug-likeness (QED) is 0.890. The van der Waals surface area contributed by atoms with Crippen LogP contribution in [-0.4, -0.2) is 36.5 Å². The summed E-state index contributed by atoms with van der Waals surface area (Å²) < 4.78 is 6.29. The molecule has 116 valence electrons. The Balaban J connectivity index is 1.52. The van der Waals surface area contributed by atoms with Gasteiger partial charge in [-0.1, -0.05) is 0 Å². The second kappa shape index (κ2) is 5.70. The third-order valence-electron chi connectivity index (χ3n) is 4.93. The van der Waals surface area contributed by atoms with E-state index in [1.807, 2.05) is 18.2 Å². The van der Waals surface area contributed by atoms with Gasteiger partial charge in [0.25, 0.3) is 5.91 Å². The van der Waals surface area contributed by atoms with Gasteiger partial charge < -0.3 is 14.6 Å². The normalized spacial score (nSPS) is 27.8. The second-order valence-electron chi connectivity index (χ2n) is 6.44. The topological polar surface area (TPSA) is 45.5 Å². The lowest BCUT2D eigenvalue weighted by atomic mass is 9.94. The van der Waals surface area contributed by atoms with Crippen molar-refractivity contribution in [2.75, 3.05) is 19.6 Å². The van der Waals surface area contributed by atoms with E-state index in [9.17, 15) is 4.79 Å². The van der Waals surface area contributed by atoms with Crippen molar-refractivity contribution in [3.05, 3.63) is 34.5 Å². The molecule has 3 saturated heterocycles. The van der Waals surface area contributed by atoms with E-state index >= 15 is 0 Å². The highest BCUT2D eigenvalue weighted by atomic mass is 79.9. The van der Waals surface area contributed by atoms with Crippen molar-refractivity contribution in [1.29, 1.82) is 0 Å². The lowest BCUT2D eigenvalue weighted by molar-refractivity contribution is 0.0929. The zero-order chi connectivity index (χ0) is 15.1. The van der Waals surface area contributed by atoms with Crippen molar-refractivity contribution in [3.8, 4) is 0 Å². The molecule has 1 atom stereocenters. The molecular formula is C17H19BrN2O2. The molecule has 0 spiro atoms. The van der Waals surface area contributed by atoms with Gasteiger partial charge in [-0.3, -0.25) is 4.79 Å². The molecule has 3 aliphatic rings. The molecule has 0 unspecified atom stereocenters. The molecule has 22 heavy (non-hydrogen) atoms. The Morgan fingerprint density at radius 2 is 2.14 bits per heavy atom. The van der Waals surface area contributed by atoms with Crippen LogP contribution in [0.25, 0.3) is 11.0 Å². The number of hydrogen-bond donors (Lipinski definition) is 1. The van der Waals surface area contributed by atoms with Gasteiger partial charge in [0.15, 0.2) is 0 Å². The summed E-state index contributed by atoms with van der Waals surface area (Å²) >= 11 is 3.45. The molecule has 1 aromatic carbocycles. The van der Waals surface area contributed by atoms with Crippen molar-refractivity contribution < 1.29 is 9.21 Å². The summed E-state index contributed by atoms with van der Waals surface area (Å²) in [6.45, 7) is 3.36. The highest BCUT2D eigenvalue weighted by Crippen LogP contribution is 2.28. The van der Waals surface area contributed by atoms with Crippen LogP contribution < -0.4 is 5.32 Å². The molecule has 5 rings (SSSR count). The molecule has 0 aliphatic carbocycles. The molecule has 0 radical (unpaired) electrons. The van der Waals surface area contributed by atoms with E-state index in [4.69, 9.17) is 4.42 Å². The summed E-state index contributed by atoms with van der Waals surface area (Å²) in [6.07, 6.45) is 5.32. The SMILES string of the molecule is O=C(N[C@@H]1CC2CCN(CC2)C1)c1ccc2occ(Br)c2c1. The van der Waals surface area contributed by atoms with E-state index < -0.39 is 0 Å². The Hall–Kier alpha value is -1.33. The molecule has 1 amide bonds. The zero-order valence-electron chi connectivity index (χ0n) is 12.3. The number of carbonyl (C=O) groups excluding carboxylic acids is 1. The van der Waals surface area contributed by atoms with Crippen molar-refractivity contribution in [2.45, 2.75) is 25.3 Å². The number of nitrogens with zero attached hydrogens (tertiary/aromatic N) is 1. The lowest BCUT2D eigenvalue weighted by Gasteiger charge is -2.26. The van der Waals surface area contributed by atoms with Crippen molar-refractivity contribution in [2.24, 2.45) is 5.92 Å². The van der Waals surface area contributed by atoms with Gasteiger partial charge in [-0.25, -0.2) is 0 Å². The van der Waals surface area contributed by atoms with Gasteiger partial charge in [0.1, 0.15) is 11.8 Å². The minimum Gasteiger partial charge on any atom is -0.463 e. The summed E-state index contributed by atoms with van der Waals surface area (Å²) in [5.41, 5.74) is 1.49. The second-order valence-corrected chi connectivity index (χ2v) is 7.30. The molecule has 0 saturated carbocycles. The number of furan rings is 1.